The van der Waals surface area contributed by atoms with E-state index < -0.39 is 12.1 Å². The molecule has 0 aromatic carbocycles. The van der Waals surface area contributed by atoms with E-state index >= 15 is 0 Å². The minimum absolute atomic E-state index is 0.348. The molecule has 2 rings (SSSR count). The van der Waals surface area contributed by atoms with E-state index in [4.69, 9.17) is 14.5 Å². The Morgan fingerprint density at radius 1 is 1.55 bits per heavy atom. The van der Waals surface area contributed by atoms with Gasteiger partial charge in [0.15, 0.2) is 6.10 Å². The minimum Gasteiger partial charge on any atom is -0.444 e. The second-order valence-electron chi connectivity index (χ2n) is 4.62. The molecule has 0 aliphatic heterocycles. The molecular weight excluding hydrogens is 302 g/mol. The molecule has 0 amide bonds. The summed E-state index contributed by atoms with van der Waals surface area (Å²) in [6, 6.07) is 5.16. The fourth-order valence-corrected chi connectivity index (χ4v) is 2.90. The van der Waals surface area contributed by atoms with Crippen molar-refractivity contribution in [2.45, 2.75) is 37.7 Å². The van der Waals surface area contributed by atoms with Gasteiger partial charge in [-0.2, -0.15) is 5.26 Å². The molecule has 114 valence electrons. The first-order valence-electron chi connectivity index (χ1n) is 6.63. The Balaban J connectivity index is 2.15. The van der Waals surface area contributed by atoms with Gasteiger partial charge in [-0.25, -0.2) is 9.78 Å². The lowest BCUT2D eigenvalue weighted by Crippen LogP contribution is -2.14. The average Bonchev–Trinajstić information content (AvgIpc) is 2.84. The third kappa shape index (κ3) is 3.65. The first-order valence-corrected chi connectivity index (χ1v) is 7.61. The molecule has 7 heteroatoms. The summed E-state index contributed by atoms with van der Waals surface area (Å²) in [5.41, 5.74) is 2.16. The number of nitrogens with zero attached hydrogens (tertiary/aromatic N) is 3. The molecule has 0 saturated carbocycles. The van der Waals surface area contributed by atoms with Crippen molar-refractivity contribution >= 4 is 17.7 Å². The van der Waals surface area contributed by atoms with Gasteiger partial charge in [-0.15, -0.1) is 11.8 Å². The average molecular weight is 317 g/mol. The lowest BCUT2D eigenvalue weighted by atomic mass is 10.2. The van der Waals surface area contributed by atoms with Gasteiger partial charge in [-0.3, -0.25) is 0 Å². The van der Waals surface area contributed by atoms with Crippen molar-refractivity contribution in [2.75, 3.05) is 0 Å². The van der Waals surface area contributed by atoms with Crippen LogP contribution < -0.4 is 0 Å². The zero-order valence-corrected chi connectivity index (χ0v) is 13.3. The van der Waals surface area contributed by atoms with E-state index in [9.17, 15) is 4.79 Å². The summed E-state index contributed by atoms with van der Waals surface area (Å²) >= 11 is 1.40. The summed E-state index contributed by atoms with van der Waals surface area (Å²) in [5.74, 6) is 0.790. The number of thioether (sulfide) groups is 1. The molecule has 1 atom stereocenters. The number of rotatable bonds is 5. The first kappa shape index (κ1) is 16.0. The number of carbonyl (C=O) groups is 1. The van der Waals surface area contributed by atoms with Crippen LogP contribution >= 0.6 is 11.8 Å². The van der Waals surface area contributed by atoms with E-state index in [0.717, 1.165) is 17.0 Å². The molecule has 2 heterocycles. The van der Waals surface area contributed by atoms with Crippen LogP contribution in [0.2, 0.25) is 0 Å². The number of nitriles is 1. The fraction of sp³-hybridized carbons (Fsp3) is 0.333. The van der Waals surface area contributed by atoms with Crippen LogP contribution in [-0.4, -0.2) is 22.2 Å². The highest BCUT2D eigenvalue weighted by Crippen LogP contribution is 2.27. The smallest absolute Gasteiger partial charge is 0.342 e. The second kappa shape index (κ2) is 7.09. The molecular formula is C15H15N3O3S. The van der Waals surface area contributed by atoms with E-state index in [1.807, 2.05) is 19.9 Å². The molecule has 6 nitrogen and oxygen atoms in total. The highest BCUT2D eigenvalue weighted by molar-refractivity contribution is 7.98. The Bertz CT molecular complexity index is 702. The van der Waals surface area contributed by atoms with Gasteiger partial charge in [-0.1, -0.05) is 5.16 Å². The van der Waals surface area contributed by atoms with Crippen molar-refractivity contribution in [1.82, 2.24) is 10.1 Å². The fourth-order valence-electron chi connectivity index (χ4n) is 1.76. The number of ether oxygens (including phenoxy) is 1. The van der Waals surface area contributed by atoms with Crippen molar-refractivity contribution in [3.05, 3.63) is 40.9 Å². The zero-order valence-electron chi connectivity index (χ0n) is 12.5. The van der Waals surface area contributed by atoms with Gasteiger partial charge >= 0.3 is 5.97 Å². The Hall–Kier alpha value is -2.33. The monoisotopic (exact) mass is 317 g/mol. The van der Waals surface area contributed by atoms with Gasteiger partial charge in [-0.05, 0) is 32.9 Å². The van der Waals surface area contributed by atoms with Crippen molar-refractivity contribution in [3.63, 3.8) is 0 Å². The number of carbonyl (C=O) groups excluding carboxylic acids is 1. The number of aromatic nitrogens is 2. The molecule has 0 aliphatic carbocycles. The van der Waals surface area contributed by atoms with Gasteiger partial charge in [0.1, 0.15) is 16.9 Å². The Labute approximate surface area is 132 Å². The van der Waals surface area contributed by atoms with E-state index in [-0.39, 0.29) is 0 Å². The summed E-state index contributed by atoms with van der Waals surface area (Å²) in [6.45, 7) is 5.23. The van der Waals surface area contributed by atoms with Crippen LogP contribution in [0, 0.1) is 25.2 Å². The van der Waals surface area contributed by atoms with Crippen molar-refractivity contribution in [2.24, 2.45) is 0 Å². The number of hydrogen-bond donors (Lipinski definition) is 0. The van der Waals surface area contributed by atoms with Crippen molar-refractivity contribution < 1.29 is 14.1 Å². The molecule has 0 radical (unpaired) electrons. The maximum absolute atomic E-state index is 12.1. The van der Waals surface area contributed by atoms with Crippen molar-refractivity contribution in [1.29, 1.82) is 5.26 Å². The Morgan fingerprint density at radius 3 is 2.95 bits per heavy atom. The van der Waals surface area contributed by atoms with Crippen LogP contribution in [0.25, 0.3) is 0 Å². The molecule has 0 spiro atoms. The molecule has 0 saturated heterocycles. The lowest BCUT2D eigenvalue weighted by Gasteiger charge is -2.09. The molecule has 0 bridgehead atoms. The largest absolute Gasteiger partial charge is 0.444 e. The Morgan fingerprint density at radius 2 is 2.32 bits per heavy atom. The third-order valence-corrected chi connectivity index (χ3v) is 4.02. The van der Waals surface area contributed by atoms with E-state index in [0.29, 0.717) is 16.3 Å². The topological polar surface area (TPSA) is 89.0 Å². The standard InChI is InChI=1S/C15H15N3O3S/c1-9(7-16)20-15(19)12-5-4-6-17-14(12)22-8-13-10(2)18-21-11(13)3/h4-6,9H,8H2,1-3H3. The molecule has 2 aromatic heterocycles. The predicted octanol–water partition coefficient (Wildman–Crippen LogP) is 3.05. The van der Waals surface area contributed by atoms with Crippen molar-refractivity contribution in [3.8, 4) is 6.07 Å². The number of aryl methyl sites for hydroxylation is 2. The summed E-state index contributed by atoms with van der Waals surface area (Å²) in [6.07, 6.45) is 0.813. The Kier molecular flexibility index (Phi) is 5.17. The van der Waals surface area contributed by atoms with E-state index in [1.165, 1.54) is 18.7 Å². The first-order chi connectivity index (χ1) is 10.5. The number of pyridine rings is 1. The minimum atomic E-state index is -0.798. The summed E-state index contributed by atoms with van der Waals surface area (Å²) < 4.78 is 10.1. The maximum Gasteiger partial charge on any atom is 0.342 e. The van der Waals surface area contributed by atoms with Crippen LogP contribution in [0.4, 0.5) is 0 Å². The zero-order chi connectivity index (χ0) is 16.1. The van der Waals surface area contributed by atoms with Gasteiger partial charge < -0.3 is 9.26 Å². The van der Waals surface area contributed by atoms with Gasteiger partial charge in [0.2, 0.25) is 0 Å². The summed E-state index contributed by atoms with van der Waals surface area (Å²) in [7, 11) is 0. The van der Waals surface area contributed by atoms with E-state index in [2.05, 4.69) is 10.1 Å². The molecule has 0 fully saturated rings. The number of esters is 1. The van der Waals surface area contributed by atoms with Crippen LogP contribution in [0.15, 0.2) is 27.9 Å². The molecule has 22 heavy (non-hydrogen) atoms. The maximum atomic E-state index is 12.1. The summed E-state index contributed by atoms with van der Waals surface area (Å²) in [5, 5.41) is 13.2. The lowest BCUT2D eigenvalue weighted by molar-refractivity contribution is 0.0430. The molecule has 2 aromatic rings. The quantitative estimate of drug-likeness (QED) is 0.618. The molecule has 0 aliphatic rings. The molecule has 0 N–H and O–H groups in total. The summed E-state index contributed by atoms with van der Waals surface area (Å²) in [4.78, 5) is 16.3. The van der Waals surface area contributed by atoms with Crippen LogP contribution in [0.3, 0.4) is 0 Å². The SMILES string of the molecule is Cc1noc(C)c1CSc1ncccc1C(=O)OC(C)C#N. The normalized spacial score (nSPS) is 11.7. The molecule has 1 unspecified atom stereocenters. The third-order valence-electron chi connectivity index (χ3n) is 2.99. The van der Waals surface area contributed by atoms with E-state index in [1.54, 1.807) is 18.3 Å². The van der Waals surface area contributed by atoms with Gasteiger partial charge in [0.25, 0.3) is 0 Å². The highest BCUT2D eigenvalue weighted by atomic mass is 32.2. The van der Waals surface area contributed by atoms with Crippen LogP contribution in [0.1, 0.15) is 34.3 Å². The number of hydrogen-bond acceptors (Lipinski definition) is 7. The van der Waals surface area contributed by atoms with Crippen LogP contribution in [0.5, 0.6) is 0 Å². The predicted molar refractivity (Wildman–Crippen MR) is 80.3 cm³/mol. The highest BCUT2D eigenvalue weighted by Gasteiger charge is 2.18. The second-order valence-corrected chi connectivity index (χ2v) is 5.59. The van der Waals surface area contributed by atoms with Gasteiger partial charge in [0.05, 0.1) is 11.3 Å². The van der Waals surface area contributed by atoms with Gasteiger partial charge in [0, 0.05) is 17.5 Å². The van der Waals surface area contributed by atoms with Crippen LogP contribution in [-0.2, 0) is 10.5 Å².